The smallest absolute Gasteiger partial charge is 0.430 e. The van der Waals surface area contributed by atoms with Crippen LogP contribution in [0, 0.1) is 5.39 Å². The topological polar surface area (TPSA) is 59.1 Å². The number of rotatable bonds is 5. The predicted molar refractivity (Wildman–Crippen MR) is 76.6 cm³/mol. The Bertz CT molecular complexity index is 509. The molecular formula is C14H20Cl2N3O3Zn-. The zero-order valence-electron chi connectivity index (χ0n) is 13.4. The fraction of sp³-hybridized carbons (Fsp3) is 0.571. The summed E-state index contributed by atoms with van der Waals surface area (Å²) in [7, 11) is 0. The van der Waals surface area contributed by atoms with Crippen molar-refractivity contribution < 1.29 is 58.5 Å². The van der Waals surface area contributed by atoms with E-state index in [1.54, 1.807) is 6.07 Å². The first-order valence-corrected chi connectivity index (χ1v) is 6.91. The second-order valence-corrected chi connectivity index (χ2v) is 4.35. The molecule has 0 bridgehead atoms. The summed E-state index contributed by atoms with van der Waals surface area (Å²) in [5.74, 6) is 1.26. The van der Waals surface area contributed by atoms with E-state index in [1.807, 2.05) is 19.9 Å². The van der Waals surface area contributed by atoms with Crippen LogP contribution in [0.4, 0.5) is 11.4 Å². The molecule has 0 aromatic heterocycles. The zero-order chi connectivity index (χ0) is 14.4. The Morgan fingerprint density at radius 2 is 1.65 bits per heavy atom. The maximum Gasteiger partial charge on any atom is 0.430 e. The third-order valence-corrected chi connectivity index (χ3v) is 3.10. The van der Waals surface area contributed by atoms with Gasteiger partial charge in [0.1, 0.15) is 0 Å². The van der Waals surface area contributed by atoms with Crippen LogP contribution in [-0.4, -0.2) is 39.5 Å². The summed E-state index contributed by atoms with van der Waals surface area (Å²) in [5.41, 5.74) is 1.33. The Morgan fingerprint density at radius 1 is 1.09 bits per heavy atom. The van der Waals surface area contributed by atoms with Crippen molar-refractivity contribution in [1.29, 1.82) is 5.39 Å². The van der Waals surface area contributed by atoms with E-state index in [4.69, 9.17) is 19.6 Å². The molecule has 6 nitrogen and oxygen atoms in total. The third-order valence-electron chi connectivity index (χ3n) is 3.10. The number of nitrogens with zero attached hydrogens (tertiary/aromatic N) is 3. The van der Waals surface area contributed by atoms with Crippen LogP contribution in [0.2, 0.25) is 0 Å². The molecule has 2 rings (SSSR count). The van der Waals surface area contributed by atoms with Crippen molar-refractivity contribution in [2.24, 2.45) is 0 Å². The maximum atomic E-state index is 9.09. The van der Waals surface area contributed by atoms with Crippen molar-refractivity contribution >= 4 is 11.4 Å². The SMILES string of the molecule is CCOc1cc(N2CCOCC2)c(OCC)cc1[N+]#N.[Cl-].[Cl-].[Zn]. The van der Waals surface area contributed by atoms with Gasteiger partial charge in [0.15, 0.2) is 10.7 Å². The molecule has 0 amide bonds. The minimum atomic E-state index is 0. The molecule has 1 heterocycles. The molecule has 1 saturated heterocycles. The van der Waals surface area contributed by atoms with Gasteiger partial charge in [0.25, 0.3) is 0 Å². The van der Waals surface area contributed by atoms with Crippen molar-refractivity contribution in [2.45, 2.75) is 13.8 Å². The second-order valence-electron chi connectivity index (χ2n) is 4.35. The van der Waals surface area contributed by atoms with Gasteiger partial charge < -0.3 is 43.9 Å². The molecule has 126 valence electrons. The van der Waals surface area contributed by atoms with Gasteiger partial charge >= 0.3 is 5.69 Å². The van der Waals surface area contributed by atoms with Crippen LogP contribution in [0.3, 0.4) is 0 Å². The molecule has 1 aliphatic heterocycles. The maximum absolute atomic E-state index is 9.09. The number of halogens is 2. The fourth-order valence-corrected chi connectivity index (χ4v) is 2.21. The molecule has 0 unspecified atom stereocenters. The second kappa shape index (κ2) is 12.6. The van der Waals surface area contributed by atoms with Gasteiger partial charge in [-0.1, -0.05) is 0 Å². The number of anilines is 1. The van der Waals surface area contributed by atoms with E-state index in [9.17, 15) is 0 Å². The van der Waals surface area contributed by atoms with E-state index in [2.05, 4.69) is 9.88 Å². The van der Waals surface area contributed by atoms with Gasteiger partial charge in [0, 0.05) is 38.6 Å². The Kier molecular flexibility index (Phi) is 13.4. The Balaban J connectivity index is 0. The van der Waals surface area contributed by atoms with Crippen LogP contribution in [0.25, 0.3) is 4.98 Å². The van der Waals surface area contributed by atoms with Crippen LogP contribution in [0.15, 0.2) is 12.1 Å². The van der Waals surface area contributed by atoms with Crippen molar-refractivity contribution in [3.63, 3.8) is 0 Å². The molecule has 0 aliphatic carbocycles. The molecule has 1 fully saturated rings. The van der Waals surface area contributed by atoms with Gasteiger partial charge in [-0.25, -0.2) is 0 Å². The van der Waals surface area contributed by atoms with E-state index < -0.39 is 0 Å². The van der Waals surface area contributed by atoms with Gasteiger partial charge in [-0.05, 0) is 13.8 Å². The molecule has 9 heteroatoms. The number of hydrogen-bond donors (Lipinski definition) is 0. The predicted octanol–water partition coefficient (Wildman–Crippen LogP) is -3.19. The zero-order valence-corrected chi connectivity index (χ0v) is 17.9. The summed E-state index contributed by atoms with van der Waals surface area (Å²) in [6.45, 7) is 7.89. The number of diazo groups is 1. The molecule has 0 saturated carbocycles. The minimum Gasteiger partial charge on any atom is -1.00 e. The summed E-state index contributed by atoms with van der Waals surface area (Å²) in [6, 6.07) is 3.58. The summed E-state index contributed by atoms with van der Waals surface area (Å²) in [5, 5.41) is 9.09. The molecule has 23 heavy (non-hydrogen) atoms. The summed E-state index contributed by atoms with van der Waals surface area (Å²) in [4.78, 5) is 5.46. The van der Waals surface area contributed by atoms with E-state index in [0.29, 0.717) is 43.6 Å². The molecule has 0 N–H and O–H groups in total. The largest absolute Gasteiger partial charge is 1.00 e. The quantitative estimate of drug-likeness (QED) is 0.376. The van der Waals surface area contributed by atoms with Crippen molar-refractivity contribution in [3.8, 4) is 11.5 Å². The average Bonchev–Trinajstić information content (AvgIpc) is 2.49. The Hall–Kier alpha value is -0.797. The first-order valence-electron chi connectivity index (χ1n) is 6.91. The fourth-order valence-electron chi connectivity index (χ4n) is 2.21. The Labute approximate surface area is 162 Å². The minimum absolute atomic E-state index is 0. The molecular weight excluding hydrogens is 394 g/mol. The van der Waals surface area contributed by atoms with Gasteiger partial charge in [0.2, 0.25) is 11.1 Å². The first-order chi connectivity index (χ1) is 9.80. The van der Waals surface area contributed by atoms with Crippen LogP contribution < -0.4 is 39.2 Å². The van der Waals surface area contributed by atoms with Crippen molar-refractivity contribution in [3.05, 3.63) is 17.1 Å². The third kappa shape index (κ3) is 6.31. The average molecular weight is 415 g/mol. The Morgan fingerprint density at radius 3 is 2.17 bits per heavy atom. The molecule has 1 aliphatic rings. The van der Waals surface area contributed by atoms with Gasteiger partial charge in [-0.15, -0.1) is 0 Å². The van der Waals surface area contributed by atoms with E-state index in [1.165, 1.54) is 0 Å². The van der Waals surface area contributed by atoms with Crippen molar-refractivity contribution in [1.82, 2.24) is 0 Å². The van der Waals surface area contributed by atoms with Gasteiger partial charge in [0.05, 0.1) is 38.2 Å². The first kappa shape index (κ1) is 24.5. The standard InChI is InChI=1S/C14H20N3O3.2ClH.Zn/c1-3-19-13-10-12(17-5-7-18-8-6-17)14(20-4-2)9-11(13)16-15;;;/h9-10H,3-8H2,1-2H3;2*1H;/q+1;;;/p-2. The van der Waals surface area contributed by atoms with Crippen LogP contribution >= 0.6 is 0 Å². The summed E-state index contributed by atoms with van der Waals surface area (Å²) in [6.07, 6.45) is 0. The van der Waals surface area contributed by atoms with Crippen LogP contribution in [0.1, 0.15) is 13.8 Å². The molecule has 1 aromatic carbocycles. The number of hydrogen-bond acceptors (Lipinski definition) is 5. The van der Waals surface area contributed by atoms with Crippen molar-refractivity contribution in [2.75, 3.05) is 44.4 Å². The van der Waals surface area contributed by atoms with E-state index in [-0.39, 0.29) is 44.3 Å². The normalized spacial score (nSPS) is 12.8. The molecule has 0 spiro atoms. The number of benzene rings is 1. The molecule has 1 aromatic rings. The van der Waals surface area contributed by atoms with Crippen LogP contribution in [-0.2, 0) is 24.2 Å². The molecule has 0 radical (unpaired) electrons. The molecule has 0 atom stereocenters. The van der Waals surface area contributed by atoms with E-state index >= 15 is 0 Å². The monoisotopic (exact) mass is 412 g/mol. The van der Waals surface area contributed by atoms with Crippen LogP contribution in [0.5, 0.6) is 11.5 Å². The van der Waals surface area contributed by atoms with Gasteiger partial charge in [-0.3, -0.25) is 0 Å². The summed E-state index contributed by atoms with van der Waals surface area (Å²) >= 11 is 0. The summed E-state index contributed by atoms with van der Waals surface area (Å²) < 4.78 is 16.6. The number of ether oxygens (including phenoxy) is 3. The van der Waals surface area contributed by atoms with E-state index in [0.717, 1.165) is 18.8 Å². The van der Waals surface area contributed by atoms with Gasteiger partial charge in [-0.2, -0.15) is 0 Å². The number of morpholine rings is 1.